The van der Waals surface area contributed by atoms with Crippen LogP contribution >= 0.6 is 0 Å². The number of hydrogen-bond donors (Lipinski definition) is 1. The molecule has 0 saturated heterocycles. The summed E-state index contributed by atoms with van der Waals surface area (Å²) in [5.41, 5.74) is 2.28. The molecule has 1 atom stereocenters. The first kappa shape index (κ1) is 9.11. The van der Waals surface area contributed by atoms with Crippen LogP contribution in [0, 0.1) is 6.92 Å². The second-order valence-electron chi connectivity index (χ2n) is 3.30. The summed E-state index contributed by atoms with van der Waals surface area (Å²) < 4.78 is 0. The molecule has 1 rings (SSSR count). The minimum Gasteiger partial charge on any atom is -0.508 e. The zero-order valence-corrected chi connectivity index (χ0v) is 7.96. The number of phenolic OH excluding ortho intramolecular Hbond substituents is 1. The minimum absolute atomic E-state index is 0.410. The monoisotopic (exact) mass is 164 g/mol. The molecule has 0 fully saturated rings. The Bertz CT molecular complexity index is 266. The molecule has 0 amide bonds. The molecule has 0 aromatic heterocycles. The van der Waals surface area contributed by atoms with Gasteiger partial charge in [0.1, 0.15) is 5.75 Å². The second-order valence-corrected chi connectivity index (χ2v) is 3.30. The molecular weight excluding hydrogens is 148 g/mol. The van der Waals surface area contributed by atoms with Crippen LogP contribution in [0.4, 0.5) is 0 Å². The van der Waals surface area contributed by atoms with Crippen LogP contribution in [0.2, 0.25) is 0 Å². The highest BCUT2D eigenvalue weighted by Crippen LogP contribution is 2.27. The van der Waals surface area contributed by atoms with Crippen molar-refractivity contribution < 1.29 is 5.11 Å². The van der Waals surface area contributed by atoms with Crippen molar-refractivity contribution in [2.45, 2.75) is 33.1 Å². The summed E-state index contributed by atoms with van der Waals surface area (Å²) in [5, 5.41) is 9.44. The van der Waals surface area contributed by atoms with Gasteiger partial charge in [-0.2, -0.15) is 0 Å². The number of benzene rings is 1. The molecule has 1 aromatic carbocycles. The van der Waals surface area contributed by atoms with Gasteiger partial charge in [-0.3, -0.25) is 0 Å². The number of rotatable bonds is 2. The molecule has 0 radical (unpaired) electrons. The van der Waals surface area contributed by atoms with E-state index >= 15 is 0 Å². The van der Waals surface area contributed by atoms with Gasteiger partial charge in [0, 0.05) is 0 Å². The van der Waals surface area contributed by atoms with E-state index in [9.17, 15) is 5.11 Å². The summed E-state index contributed by atoms with van der Waals surface area (Å²) in [6.45, 7) is 6.31. The fourth-order valence-electron chi connectivity index (χ4n) is 1.39. The Kier molecular flexibility index (Phi) is 2.74. The largest absolute Gasteiger partial charge is 0.508 e. The summed E-state index contributed by atoms with van der Waals surface area (Å²) >= 11 is 0. The maximum atomic E-state index is 9.44. The lowest BCUT2D eigenvalue weighted by Gasteiger charge is -2.12. The van der Waals surface area contributed by atoms with E-state index in [1.807, 2.05) is 13.0 Å². The lowest BCUT2D eigenvalue weighted by Crippen LogP contribution is -1.94. The van der Waals surface area contributed by atoms with E-state index in [1.54, 1.807) is 6.07 Å². The number of phenols is 1. The Morgan fingerprint density at radius 3 is 2.67 bits per heavy atom. The third-order valence-corrected chi connectivity index (χ3v) is 2.49. The van der Waals surface area contributed by atoms with Gasteiger partial charge in [-0.05, 0) is 36.5 Å². The van der Waals surface area contributed by atoms with Gasteiger partial charge >= 0.3 is 0 Å². The third-order valence-electron chi connectivity index (χ3n) is 2.49. The zero-order chi connectivity index (χ0) is 9.14. The van der Waals surface area contributed by atoms with E-state index in [4.69, 9.17) is 0 Å². The molecule has 1 heteroatoms. The van der Waals surface area contributed by atoms with Gasteiger partial charge < -0.3 is 5.11 Å². The lowest BCUT2D eigenvalue weighted by atomic mass is 9.94. The average Bonchev–Trinajstić information content (AvgIpc) is 2.08. The van der Waals surface area contributed by atoms with Crippen LogP contribution in [0.1, 0.15) is 37.3 Å². The summed E-state index contributed by atoms with van der Waals surface area (Å²) in [4.78, 5) is 0. The summed E-state index contributed by atoms with van der Waals surface area (Å²) in [6.07, 6.45) is 1.12. The lowest BCUT2D eigenvalue weighted by molar-refractivity contribution is 0.469. The Morgan fingerprint density at radius 1 is 1.42 bits per heavy atom. The molecule has 0 spiro atoms. The molecule has 1 aromatic rings. The van der Waals surface area contributed by atoms with Gasteiger partial charge in [-0.25, -0.2) is 0 Å². The van der Waals surface area contributed by atoms with Gasteiger partial charge in [0.15, 0.2) is 0 Å². The Balaban J connectivity index is 3.07. The molecule has 1 unspecified atom stereocenters. The molecule has 12 heavy (non-hydrogen) atoms. The first-order valence-corrected chi connectivity index (χ1v) is 4.45. The predicted octanol–water partition coefficient (Wildman–Crippen LogP) is 3.21. The van der Waals surface area contributed by atoms with Gasteiger partial charge in [-0.15, -0.1) is 0 Å². The highest BCUT2D eigenvalue weighted by molar-refractivity contribution is 5.39. The van der Waals surface area contributed by atoms with Crippen molar-refractivity contribution in [2.24, 2.45) is 0 Å². The molecule has 0 aliphatic carbocycles. The quantitative estimate of drug-likeness (QED) is 0.711. The average molecular weight is 164 g/mol. The van der Waals surface area contributed by atoms with E-state index in [0.717, 1.165) is 12.0 Å². The Labute approximate surface area is 74.1 Å². The molecule has 0 heterocycles. The van der Waals surface area contributed by atoms with Gasteiger partial charge in [-0.1, -0.05) is 26.0 Å². The van der Waals surface area contributed by atoms with Crippen molar-refractivity contribution in [3.63, 3.8) is 0 Å². The fourth-order valence-corrected chi connectivity index (χ4v) is 1.39. The SMILES string of the molecule is CCC(C)c1cccc(O)c1C. The highest BCUT2D eigenvalue weighted by Gasteiger charge is 2.07. The highest BCUT2D eigenvalue weighted by atomic mass is 16.3. The molecule has 1 nitrogen and oxygen atoms in total. The number of aromatic hydroxyl groups is 1. The van der Waals surface area contributed by atoms with Crippen LogP contribution in [-0.4, -0.2) is 5.11 Å². The van der Waals surface area contributed by atoms with Crippen LogP contribution in [0.25, 0.3) is 0 Å². The summed E-state index contributed by atoms with van der Waals surface area (Å²) in [7, 11) is 0. The number of hydrogen-bond acceptors (Lipinski definition) is 1. The molecule has 0 aliphatic rings. The van der Waals surface area contributed by atoms with Crippen molar-refractivity contribution in [3.8, 4) is 5.75 Å². The zero-order valence-electron chi connectivity index (χ0n) is 7.96. The fraction of sp³-hybridized carbons (Fsp3) is 0.455. The van der Waals surface area contributed by atoms with E-state index in [-0.39, 0.29) is 0 Å². The van der Waals surface area contributed by atoms with E-state index < -0.39 is 0 Å². The smallest absolute Gasteiger partial charge is 0.118 e. The van der Waals surface area contributed by atoms with Crippen molar-refractivity contribution in [1.29, 1.82) is 0 Å². The van der Waals surface area contributed by atoms with Crippen LogP contribution in [0.5, 0.6) is 5.75 Å². The van der Waals surface area contributed by atoms with Crippen LogP contribution in [0.15, 0.2) is 18.2 Å². The first-order valence-electron chi connectivity index (χ1n) is 4.45. The second kappa shape index (κ2) is 3.61. The Morgan fingerprint density at radius 2 is 2.08 bits per heavy atom. The minimum atomic E-state index is 0.410. The van der Waals surface area contributed by atoms with Crippen molar-refractivity contribution in [3.05, 3.63) is 29.3 Å². The van der Waals surface area contributed by atoms with E-state index in [1.165, 1.54) is 5.56 Å². The van der Waals surface area contributed by atoms with Crippen LogP contribution < -0.4 is 0 Å². The molecule has 0 saturated carbocycles. The summed E-state index contributed by atoms with van der Waals surface area (Å²) in [5.74, 6) is 0.949. The Hall–Kier alpha value is -0.980. The molecule has 0 bridgehead atoms. The van der Waals surface area contributed by atoms with Crippen molar-refractivity contribution in [2.75, 3.05) is 0 Å². The first-order chi connectivity index (χ1) is 5.66. The van der Waals surface area contributed by atoms with Crippen LogP contribution in [-0.2, 0) is 0 Å². The molecule has 1 N–H and O–H groups in total. The van der Waals surface area contributed by atoms with Gasteiger partial charge in [0.2, 0.25) is 0 Å². The molecule has 66 valence electrons. The van der Waals surface area contributed by atoms with Gasteiger partial charge in [0.25, 0.3) is 0 Å². The van der Waals surface area contributed by atoms with Crippen molar-refractivity contribution in [1.82, 2.24) is 0 Å². The third kappa shape index (κ3) is 1.60. The van der Waals surface area contributed by atoms with E-state index in [2.05, 4.69) is 19.9 Å². The maximum Gasteiger partial charge on any atom is 0.118 e. The standard InChI is InChI=1S/C11H16O/c1-4-8(2)10-6-5-7-11(12)9(10)3/h5-8,12H,4H2,1-3H3. The molecular formula is C11H16O. The topological polar surface area (TPSA) is 20.2 Å². The van der Waals surface area contributed by atoms with E-state index in [0.29, 0.717) is 11.7 Å². The van der Waals surface area contributed by atoms with Gasteiger partial charge in [0.05, 0.1) is 0 Å². The molecule has 0 aliphatic heterocycles. The predicted molar refractivity (Wildman–Crippen MR) is 51.5 cm³/mol. The normalized spacial score (nSPS) is 12.9. The van der Waals surface area contributed by atoms with Crippen LogP contribution in [0.3, 0.4) is 0 Å². The maximum absolute atomic E-state index is 9.44. The summed E-state index contributed by atoms with van der Waals surface area (Å²) in [6, 6.07) is 5.73. The van der Waals surface area contributed by atoms with Crippen molar-refractivity contribution >= 4 is 0 Å².